The molecule has 0 spiro atoms. The van der Waals surface area contributed by atoms with Crippen molar-refractivity contribution >= 4 is 17.9 Å². The lowest BCUT2D eigenvalue weighted by Gasteiger charge is -2.32. The third-order valence-electron chi connectivity index (χ3n) is 4.59. The molecule has 0 atom stereocenters. The summed E-state index contributed by atoms with van der Waals surface area (Å²) in [5.74, 6) is 0.575. The summed E-state index contributed by atoms with van der Waals surface area (Å²) in [4.78, 5) is 30.4. The second-order valence-electron chi connectivity index (χ2n) is 6.39. The lowest BCUT2D eigenvalue weighted by molar-refractivity contribution is -0.117. The number of carbonyl (C=O) groups is 2. The number of nitrogens with one attached hydrogen (secondary N) is 1. The Labute approximate surface area is 158 Å². The predicted octanol–water partition coefficient (Wildman–Crippen LogP) is 2.52. The van der Waals surface area contributed by atoms with Crippen LogP contribution in [-0.4, -0.2) is 47.9 Å². The Morgan fingerprint density at radius 3 is 2.67 bits per heavy atom. The van der Waals surface area contributed by atoms with Crippen molar-refractivity contribution in [1.29, 1.82) is 0 Å². The number of ether oxygens (including phenoxy) is 1. The Hall–Kier alpha value is -3.15. The zero-order chi connectivity index (χ0) is 19.1. The van der Waals surface area contributed by atoms with Gasteiger partial charge in [0.05, 0.1) is 12.7 Å². The first kappa shape index (κ1) is 18.6. The van der Waals surface area contributed by atoms with Crippen LogP contribution in [0.5, 0.6) is 5.75 Å². The normalized spacial score (nSPS) is 14.9. The number of pyridine rings is 1. The number of nitrogens with zero attached hydrogens (tertiary/aromatic N) is 2. The summed E-state index contributed by atoms with van der Waals surface area (Å²) < 4.78 is 5.27. The van der Waals surface area contributed by atoms with E-state index in [2.05, 4.69) is 10.3 Å². The van der Waals surface area contributed by atoms with Gasteiger partial charge in [-0.3, -0.25) is 14.6 Å². The van der Waals surface area contributed by atoms with Gasteiger partial charge < -0.3 is 15.0 Å². The van der Waals surface area contributed by atoms with Crippen LogP contribution in [0, 0.1) is 0 Å². The van der Waals surface area contributed by atoms with Crippen molar-refractivity contribution in [3.05, 3.63) is 66.0 Å². The van der Waals surface area contributed by atoms with Crippen molar-refractivity contribution in [2.75, 3.05) is 20.2 Å². The van der Waals surface area contributed by atoms with Crippen molar-refractivity contribution in [2.45, 2.75) is 18.9 Å². The molecule has 1 aliphatic heterocycles. The first-order valence-corrected chi connectivity index (χ1v) is 8.98. The van der Waals surface area contributed by atoms with Crippen LogP contribution in [0.2, 0.25) is 0 Å². The summed E-state index contributed by atoms with van der Waals surface area (Å²) in [6.07, 6.45) is 7.97. The molecule has 2 amide bonds. The van der Waals surface area contributed by atoms with E-state index in [-0.39, 0.29) is 17.9 Å². The largest absolute Gasteiger partial charge is 0.496 e. The molecule has 3 rings (SSSR count). The SMILES string of the molecule is COc1ccccc1/C=C/C(=O)NC1CCN(C(=O)c2cccnc2)CC1. The Kier molecular flexibility index (Phi) is 6.20. The van der Waals surface area contributed by atoms with Crippen molar-refractivity contribution in [1.82, 2.24) is 15.2 Å². The van der Waals surface area contributed by atoms with E-state index < -0.39 is 0 Å². The van der Waals surface area contributed by atoms with Gasteiger partial charge in [0.15, 0.2) is 0 Å². The first-order chi connectivity index (χ1) is 13.2. The average molecular weight is 365 g/mol. The van der Waals surface area contributed by atoms with Crippen molar-refractivity contribution < 1.29 is 14.3 Å². The number of rotatable bonds is 5. The smallest absolute Gasteiger partial charge is 0.255 e. The molecule has 1 fully saturated rings. The molecule has 2 heterocycles. The Morgan fingerprint density at radius 1 is 1.19 bits per heavy atom. The molecule has 1 N–H and O–H groups in total. The van der Waals surface area contributed by atoms with Gasteiger partial charge >= 0.3 is 0 Å². The number of methoxy groups -OCH3 is 1. The van der Waals surface area contributed by atoms with Gasteiger partial charge in [-0.1, -0.05) is 18.2 Å². The molecule has 27 heavy (non-hydrogen) atoms. The minimum atomic E-state index is -0.141. The molecule has 1 aromatic heterocycles. The van der Waals surface area contributed by atoms with Gasteiger partial charge in [0.2, 0.25) is 5.91 Å². The molecule has 140 valence electrons. The fourth-order valence-corrected chi connectivity index (χ4v) is 3.12. The quantitative estimate of drug-likeness (QED) is 0.827. The molecule has 0 unspecified atom stereocenters. The molecule has 0 aliphatic carbocycles. The highest BCUT2D eigenvalue weighted by Gasteiger charge is 2.24. The van der Waals surface area contributed by atoms with Gasteiger partial charge in [-0.15, -0.1) is 0 Å². The van der Waals surface area contributed by atoms with Crippen LogP contribution >= 0.6 is 0 Å². The van der Waals surface area contributed by atoms with Crippen LogP contribution in [0.3, 0.4) is 0 Å². The number of carbonyl (C=O) groups excluding carboxylic acids is 2. The molecule has 2 aromatic rings. The number of amides is 2. The summed E-state index contributed by atoms with van der Waals surface area (Å²) in [6.45, 7) is 1.24. The second-order valence-corrected chi connectivity index (χ2v) is 6.39. The fourth-order valence-electron chi connectivity index (χ4n) is 3.12. The molecule has 0 bridgehead atoms. The number of aromatic nitrogens is 1. The molecule has 6 heteroatoms. The predicted molar refractivity (Wildman–Crippen MR) is 103 cm³/mol. The van der Waals surface area contributed by atoms with E-state index in [1.165, 1.54) is 6.08 Å². The van der Waals surface area contributed by atoms with Gasteiger partial charge in [0, 0.05) is 43.2 Å². The number of piperidine rings is 1. The number of benzene rings is 1. The van der Waals surface area contributed by atoms with E-state index in [4.69, 9.17) is 4.74 Å². The van der Waals surface area contributed by atoms with Crippen LogP contribution < -0.4 is 10.1 Å². The zero-order valence-corrected chi connectivity index (χ0v) is 15.3. The molecule has 1 saturated heterocycles. The highest BCUT2D eigenvalue weighted by molar-refractivity contribution is 5.94. The number of hydrogen-bond donors (Lipinski definition) is 1. The molecular formula is C21H23N3O3. The average Bonchev–Trinajstić information content (AvgIpc) is 2.73. The van der Waals surface area contributed by atoms with Gasteiger partial charge in [0.1, 0.15) is 5.75 Å². The number of para-hydroxylation sites is 1. The van der Waals surface area contributed by atoms with Crippen LogP contribution in [0.15, 0.2) is 54.9 Å². The Bertz CT molecular complexity index is 812. The maximum Gasteiger partial charge on any atom is 0.255 e. The van der Waals surface area contributed by atoms with Crippen LogP contribution in [0.4, 0.5) is 0 Å². The van der Waals surface area contributed by atoms with E-state index in [0.29, 0.717) is 18.7 Å². The molecule has 1 aliphatic rings. The third-order valence-corrected chi connectivity index (χ3v) is 4.59. The fraction of sp³-hybridized carbons (Fsp3) is 0.286. The van der Waals surface area contributed by atoms with E-state index >= 15 is 0 Å². The second kappa shape index (κ2) is 8.98. The third kappa shape index (κ3) is 4.94. The van der Waals surface area contributed by atoms with E-state index in [1.807, 2.05) is 29.2 Å². The van der Waals surface area contributed by atoms with Crippen LogP contribution in [-0.2, 0) is 4.79 Å². The van der Waals surface area contributed by atoms with Gasteiger partial charge in [-0.2, -0.15) is 0 Å². The topological polar surface area (TPSA) is 71.5 Å². The monoisotopic (exact) mass is 365 g/mol. The van der Waals surface area contributed by atoms with E-state index in [9.17, 15) is 9.59 Å². The summed E-state index contributed by atoms with van der Waals surface area (Å²) in [5.41, 5.74) is 1.45. The molecule has 0 radical (unpaired) electrons. The van der Waals surface area contributed by atoms with Gasteiger partial charge in [-0.05, 0) is 37.1 Å². The standard InChI is InChI=1S/C21H23N3O3/c1-27-19-7-3-2-5-16(19)8-9-20(25)23-18-10-13-24(14-11-18)21(26)17-6-4-12-22-15-17/h2-9,12,15,18H,10-11,13-14H2,1H3,(H,23,25)/b9-8+. The first-order valence-electron chi connectivity index (χ1n) is 8.98. The molecule has 1 aromatic carbocycles. The number of likely N-dealkylation sites (tertiary alicyclic amines) is 1. The summed E-state index contributed by atoms with van der Waals surface area (Å²) >= 11 is 0. The van der Waals surface area contributed by atoms with Gasteiger partial charge in [0.25, 0.3) is 5.91 Å². The summed E-state index contributed by atoms with van der Waals surface area (Å²) in [7, 11) is 1.60. The van der Waals surface area contributed by atoms with Crippen molar-refractivity contribution in [3.8, 4) is 5.75 Å². The van der Waals surface area contributed by atoms with E-state index in [1.54, 1.807) is 37.7 Å². The number of hydrogen-bond acceptors (Lipinski definition) is 4. The minimum Gasteiger partial charge on any atom is -0.496 e. The highest BCUT2D eigenvalue weighted by atomic mass is 16.5. The lowest BCUT2D eigenvalue weighted by Crippen LogP contribution is -2.46. The highest BCUT2D eigenvalue weighted by Crippen LogP contribution is 2.18. The minimum absolute atomic E-state index is 0.0102. The van der Waals surface area contributed by atoms with Crippen molar-refractivity contribution in [3.63, 3.8) is 0 Å². The Morgan fingerprint density at radius 2 is 1.96 bits per heavy atom. The summed E-state index contributed by atoms with van der Waals surface area (Å²) in [6, 6.07) is 11.1. The maximum absolute atomic E-state index is 12.4. The summed E-state index contributed by atoms with van der Waals surface area (Å²) in [5, 5.41) is 3.01. The van der Waals surface area contributed by atoms with Gasteiger partial charge in [-0.25, -0.2) is 0 Å². The molecular weight excluding hydrogens is 342 g/mol. The van der Waals surface area contributed by atoms with E-state index in [0.717, 1.165) is 24.2 Å². The van der Waals surface area contributed by atoms with Crippen LogP contribution in [0.1, 0.15) is 28.8 Å². The maximum atomic E-state index is 12.4. The molecule has 6 nitrogen and oxygen atoms in total. The lowest BCUT2D eigenvalue weighted by atomic mass is 10.0. The van der Waals surface area contributed by atoms with Crippen molar-refractivity contribution in [2.24, 2.45) is 0 Å². The molecule has 0 saturated carbocycles. The Balaban J connectivity index is 1.49. The zero-order valence-electron chi connectivity index (χ0n) is 15.3. The van der Waals surface area contributed by atoms with Crippen LogP contribution in [0.25, 0.3) is 6.08 Å².